The van der Waals surface area contributed by atoms with Crippen molar-refractivity contribution in [1.82, 2.24) is 5.32 Å². The van der Waals surface area contributed by atoms with Gasteiger partial charge in [-0.3, -0.25) is 4.79 Å². The molecule has 0 bridgehead atoms. The molecule has 0 saturated heterocycles. The summed E-state index contributed by atoms with van der Waals surface area (Å²) in [6.07, 6.45) is 6.49. The average Bonchev–Trinajstić information content (AvgIpc) is 2.21. The minimum atomic E-state index is -0.218. The second-order valence-corrected chi connectivity index (χ2v) is 5.10. The van der Waals surface area contributed by atoms with E-state index in [1.54, 1.807) is 0 Å². The highest BCUT2D eigenvalue weighted by Crippen LogP contribution is 2.08. The van der Waals surface area contributed by atoms with E-state index < -0.39 is 0 Å². The van der Waals surface area contributed by atoms with E-state index in [4.69, 9.17) is 5.73 Å². The summed E-state index contributed by atoms with van der Waals surface area (Å²) in [6.45, 7) is 8.11. The van der Waals surface area contributed by atoms with Crippen LogP contribution in [0.1, 0.15) is 52.9 Å². The third-order valence-electron chi connectivity index (χ3n) is 2.82. The Morgan fingerprint density at radius 2 is 1.75 bits per heavy atom. The highest BCUT2D eigenvalue weighted by Gasteiger charge is 2.06. The van der Waals surface area contributed by atoms with Crippen molar-refractivity contribution in [2.45, 2.75) is 52.9 Å². The van der Waals surface area contributed by atoms with Crippen molar-refractivity contribution in [2.24, 2.45) is 17.6 Å². The number of amides is 1. The third kappa shape index (κ3) is 9.97. The van der Waals surface area contributed by atoms with Gasteiger partial charge in [0.1, 0.15) is 0 Å². The van der Waals surface area contributed by atoms with E-state index in [9.17, 15) is 4.79 Å². The van der Waals surface area contributed by atoms with E-state index in [1.807, 2.05) is 6.92 Å². The molecule has 0 aromatic rings. The minimum Gasteiger partial charge on any atom is -0.369 e. The first-order valence-corrected chi connectivity index (χ1v) is 6.54. The highest BCUT2D eigenvalue weighted by atomic mass is 16.1. The predicted octanol–water partition coefficient (Wildman–Crippen LogP) is 2.30. The Bertz CT molecular complexity index is 181. The number of carbonyl (C=O) groups is 1. The van der Waals surface area contributed by atoms with E-state index >= 15 is 0 Å². The van der Waals surface area contributed by atoms with Crippen molar-refractivity contribution in [2.75, 3.05) is 13.1 Å². The number of nitrogens with two attached hydrogens (primary N) is 1. The first-order valence-electron chi connectivity index (χ1n) is 6.54. The molecule has 0 aromatic carbocycles. The first-order chi connectivity index (χ1) is 7.54. The van der Waals surface area contributed by atoms with Gasteiger partial charge in [0, 0.05) is 12.5 Å². The second-order valence-electron chi connectivity index (χ2n) is 5.10. The SMILES string of the molecule is CC(C)CCCCCCNCC(C)C(N)=O. The van der Waals surface area contributed by atoms with Crippen LogP contribution in [0.5, 0.6) is 0 Å². The maximum absolute atomic E-state index is 10.8. The molecule has 0 aliphatic rings. The van der Waals surface area contributed by atoms with E-state index in [0.717, 1.165) is 12.5 Å². The van der Waals surface area contributed by atoms with Crippen LogP contribution in [0.4, 0.5) is 0 Å². The maximum atomic E-state index is 10.8. The Labute approximate surface area is 100 Å². The van der Waals surface area contributed by atoms with Crippen molar-refractivity contribution >= 4 is 5.91 Å². The van der Waals surface area contributed by atoms with Crippen LogP contribution in [-0.4, -0.2) is 19.0 Å². The molecular formula is C13H28N2O. The lowest BCUT2D eigenvalue weighted by Crippen LogP contribution is -2.31. The van der Waals surface area contributed by atoms with Crippen LogP contribution in [0.2, 0.25) is 0 Å². The maximum Gasteiger partial charge on any atom is 0.221 e. The van der Waals surface area contributed by atoms with Crippen LogP contribution in [0.3, 0.4) is 0 Å². The van der Waals surface area contributed by atoms with Crippen LogP contribution in [-0.2, 0) is 4.79 Å². The van der Waals surface area contributed by atoms with Gasteiger partial charge in [-0.25, -0.2) is 0 Å². The lowest BCUT2D eigenvalue weighted by molar-refractivity contribution is -0.121. The largest absolute Gasteiger partial charge is 0.369 e. The number of hydrogen-bond acceptors (Lipinski definition) is 2. The number of rotatable bonds is 10. The van der Waals surface area contributed by atoms with Crippen molar-refractivity contribution in [1.29, 1.82) is 0 Å². The molecule has 0 radical (unpaired) electrons. The average molecular weight is 228 g/mol. The summed E-state index contributed by atoms with van der Waals surface area (Å²) in [6, 6.07) is 0. The van der Waals surface area contributed by atoms with Gasteiger partial charge in [0.15, 0.2) is 0 Å². The van der Waals surface area contributed by atoms with Gasteiger partial charge in [-0.05, 0) is 18.9 Å². The van der Waals surface area contributed by atoms with E-state index in [0.29, 0.717) is 6.54 Å². The Morgan fingerprint density at radius 1 is 1.12 bits per heavy atom. The van der Waals surface area contributed by atoms with Gasteiger partial charge in [0.25, 0.3) is 0 Å². The van der Waals surface area contributed by atoms with E-state index in [-0.39, 0.29) is 11.8 Å². The summed E-state index contributed by atoms with van der Waals surface area (Å²) in [5, 5.41) is 3.27. The fraction of sp³-hybridized carbons (Fsp3) is 0.923. The van der Waals surface area contributed by atoms with Crippen molar-refractivity contribution in [3.05, 3.63) is 0 Å². The number of nitrogens with one attached hydrogen (secondary N) is 1. The number of primary amides is 1. The topological polar surface area (TPSA) is 55.1 Å². The van der Waals surface area contributed by atoms with Crippen LogP contribution in [0, 0.1) is 11.8 Å². The molecule has 0 spiro atoms. The zero-order valence-corrected chi connectivity index (χ0v) is 11.1. The Kier molecular flexibility index (Phi) is 9.30. The number of hydrogen-bond donors (Lipinski definition) is 2. The zero-order chi connectivity index (χ0) is 12.4. The van der Waals surface area contributed by atoms with Crippen molar-refractivity contribution in [3.8, 4) is 0 Å². The van der Waals surface area contributed by atoms with Gasteiger partial charge in [-0.15, -0.1) is 0 Å². The van der Waals surface area contributed by atoms with Gasteiger partial charge in [-0.2, -0.15) is 0 Å². The molecule has 0 fully saturated rings. The summed E-state index contributed by atoms with van der Waals surface area (Å²) in [4.78, 5) is 10.8. The fourth-order valence-electron chi connectivity index (χ4n) is 1.58. The van der Waals surface area contributed by atoms with Crippen LogP contribution in [0.15, 0.2) is 0 Å². The standard InChI is InChI=1S/C13H28N2O/c1-11(2)8-6-4-5-7-9-15-10-12(3)13(14)16/h11-12,15H,4-10H2,1-3H3,(H2,14,16). The molecule has 0 saturated carbocycles. The van der Waals surface area contributed by atoms with E-state index in [2.05, 4.69) is 19.2 Å². The Hall–Kier alpha value is -0.570. The summed E-state index contributed by atoms with van der Waals surface area (Å²) in [5.74, 6) is 0.555. The molecule has 0 aliphatic heterocycles. The summed E-state index contributed by atoms with van der Waals surface area (Å²) >= 11 is 0. The zero-order valence-electron chi connectivity index (χ0n) is 11.1. The quantitative estimate of drug-likeness (QED) is 0.564. The van der Waals surface area contributed by atoms with Gasteiger partial charge >= 0.3 is 0 Å². The molecule has 0 aromatic heterocycles. The molecule has 16 heavy (non-hydrogen) atoms. The molecule has 3 heteroatoms. The summed E-state index contributed by atoms with van der Waals surface area (Å²) < 4.78 is 0. The lowest BCUT2D eigenvalue weighted by atomic mass is 10.0. The van der Waals surface area contributed by atoms with Crippen LogP contribution in [0.25, 0.3) is 0 Å². The first kappa shape index (κ1) is 15.4. The molecular weight excluding hydrogens is 200 g/mol. The normalized spacial score (nSPS) is 13.0. The highest BCUT2D eigenvalue weighted by molar-refractivity contribution is 5.76. The molecule has 1 atom stereocenters. The molecule has 96 valence electrons. The number of carbonyl (C=O) groups excluding carboxylic acids is 1. The molecule has 1 amide bonds. The van der Waals surface area contributed by atoms with Crippen LogP contribution < -0.4 is 11.1 Å². The minimum absolute atomic E-state index is 0.0547. The number of unbranched alkanes of at least 4 members (excludes halogenated alkanes) is 3. The Balaban J connectivity index is 3.13. The van der Waals surface area contributed by atoms with E-state index in [1.165, 1.54) is 32.1 Å². The molecule has 0 aliphatic carbocycles. The van der Waals surface area contributed by atoms with Gasteiger partial charge < -0.3 is 11.1 Å². The third-order valence-corrected chi connectivity index (χ3v) is 2.82. The molecule has 3 nitrogen and oxygen atoms in total. The monoisotopic (exact) mass is 228 g/mol. The molecule has 0 rings (SSSR count). The van der Waals surface area contributed by atoms with Gasteiger partial charge in [-0.1, -0.05) is 46.5 Å². The van der Waals surface area contributed by atoms with Gasteiger partial charge in [0.05, 0.1) is 0 Å². The van der Waals surface area contributed by atoms with Crippen molar-refractivity contribution in [3.63, 3.8) is 0 Å². The Morgan fingerprint density at radius 3 is 2.31 bits per heavy atom. The fourth-order valence-corrected chi connectivity index (χ4v) is 1.58. The predicted molar refractivity (Wildman–Crippen MR) is 69.2 cm³/mol. The van der Waals surface area contributed by atoms with Crippen LogP contribution >= 0.6 is 0 Å². The summed E-state index contributed by atoms with van der Waals surface area (Å²) in [5.41, 5.74) is 5.17. The van der Waals surface area contributed by atoms with Crippen molar-refractivity contribution < 1.29 is 4.79 Å². The molecule has 1 unspecified atom stereocenters. The molecule has 0 heterocycles. The smallest absolute Gasteiger partial charge is 0.221 e. The lowest BCUT2D eigenvalue weighted by Gasteiger charge is -2.09. The summed E-state index contributed by atoms with van der Waals surface area (Å²) in [7, 11) is 0. The molecule has 3 N–H and O–H groups in total. The van der Waals surface area contributed by atoms with Gasteiger partial charge in [0.2, 0.25) is 5.91 Å². The second kappa shape index (κ2) is 9.64.